The van der Waals surface area contributed by atoms with Gasteiger partial charge in [0.2, 0.25) is 6.41 Å². The van der Waals surface area contributed by atoms with Crippen LogP contribution in [0.1, 0.15) is 69.5 Å². The first-order chi connectivity index (χ1) is 21.1. The molecule has 3 aliphatic rings. The minimum atomic E-state index is -3.61. The molecule has 2 unspecified atom stereocenters. The average Bonchev–Trinajstić information content (AvgIpc) is 3.28. The van der Waals surface area contributed by atoms with Gasteiger partial charge < -0.3 is 10.0 Å². The van der Waals surface area contributed by atoms with E-state index in [0.29, 0.717) is 37.2 Å². The van der Waals surface area contributed by atoms with Crippen molar-refractivity contribution in [3.8, 4) is 0 Å². The molecule has 0 saturated heterocycles. The Labute approximate surface area is 256 Å². The minimum Gasteiger partial charge on any atom is -0.391 e. The van der Waals surface area contributed by atoms with Gasteiger partial charge in [-0.2, -0.15) is 5.10 Å². The highest BCUT2D eigenvalue weighted by Crippen LogP contribution is 2.26. The number of hydrogen-bond donors (Lipinski definition) is 1. The molecule has 5 nitrogen and oxygen atoms in total. The number of alkyl halides is 3. The molecule has 0 fully saturated rings. The summed E-state index contributed by atoms with van der Waals surface area (Å²) < 4.78 is 66.6. The number of carbonyl (C=O) groups is 1. The Bertz CT molecular complexity index is 1310. The summed E-state index contributed by atoms with van der Waals surface area (Å²) in [5.41, 5.74) is 3.91. The molecular formula is C34H42F5N3O2. The second kappa shape index (κ2) is 17.7. The Morgan fingerprint density at radius 3 is 2.68 bits per heavy atom. The first-order valence-electron chi connectivity index (χ1n) is 15.1. The third-order valence-corrected chi connectivity index (χ3v) is 7.47. The summed E-state index contributed by atoms with van der Waals surface area (Å²) in [6.45, 7) is 0.172. The van der Waals surface area contributed by atoms with Gasteiger partial charge in [-0.3, -0.25) is 4.79 Å². The quantitative estimate of drug-likeness (QED) is 0.212. The zero-order valence-corrected chi connectivity index (χ0v) is 25.2. The number of carbonyl (C=O) groups excluding carboxylic acids is 1. The molecule has 0 spiro atoms. The van der Waals surface area contributed by atoms with Gasteiger partial charge >= 0.3 is 0 Å². The fraction of sp³-hybridized carbons (Fsp3) is 0.471. The number of nitrogens with zero attached hydrogens (tertiary/aromatic N) is 3. The Kier molecular flexibility index (Phi) is 14.1. The standard InChI is InChI=1S/C19H23FN2.C15H19F4NO2/c1-15-7-3-2-4-12-19-16(13-15)14-21-22(19)18-10-5-8-17(20)9-6-11-18;16-10-15(18,19)8-13(22)9-20(11-21)7-6-12-4-2-1-3-5-14(12)17/h4-5,9-12,14-15H,2-3,6-8,13H2,1H3;2-5,11,13,22H,1,6-10H2/b10-5-,12-4+,17-9+,18-11?;. The van der Waals surface area contributed by atoms with Gasteiger partial charge in [-0.05, 0) is 79.9 Å². The molecule has 1 N–H and O–H groups in total. The van der Waals surface area contributed by atoms with E-state index in [1.807, 2.05) is 29.1 Å². The van der Waals surface area contributed by atoms with Gasteiger partial charge in [-0.25, -0.2) is 26.6 Å². The van der Waals surface area contributed by atoms with Gasteiger partial charge in [0.05, 0.1) is 23.7 Å². The molecule has 1 heterocycles. The molecule has 10 heteroatoms. The molecule has 0 saturated carbocycles. The normalized spacial score (nSPS) is 22.2. The van der Waals surface area contributed by atoms with E-state index in [-0.39, 0.29) is 25.3 Å². The van der Waals surface area contributed by atoms with Crippen molar-refractivity contribution in [3.63, 3.8) is 0 Å². The van der Waals surface area contributed by atoms with E-state index >= 15 is 0 Å². The van der Waals surface area contributed by atoms with Gasteiger partial charge in [-0.1, -0.05) is 49.8 Å². The number of rotatable bonds is 10. The number of hydrogen-bond acceptors (Lipinski definition) is 3. The number of aliphatic hydroxyl groups is 1. The maximum absolute atomic E-state index is 13.6. The lowest BCUT2D eigenvalue weighted by Crippen LogP contribution is -2.36. The summed E-state index contributed by atoms with van der Waals surface area (Å²) in [6.07, 6.45) is 24.6. The molecule has 44 heavy (non-hydrogen) atoms. The predicted molar refractivity (Wildman–Crippen MR) is 165 cm³/mol. The summed E-state index contributed by atoms with van der Waals surface area (Å²) >= 11 is 0. The van der Waals surface area contributed by atoms with Crippen molar-refractivity contribution in [2.24, 2.45) is 5.92 Å². The van der Waals surface area contributed by atoms with E-state index in [4.69, 9.17) is 0 Å². The molecule has 1 aromatic heterocycles. The molecular weight excluding hydrogens is 577 g/mol. The minimum absolute atomic E-state index is 0.0625. The summed E-state index contributed by atoms with van der Waals surface area (Å²) in [4.78, 5) is 12.0. The van der Waals surface area contributed by atoms with Crippen molar-refractivity contribution in [1.82, 2.24) is 14.7 Å². The second-order valence-corrected chi connectivity index (χ2v) is 11.3. The molecule has 0 radical (unpaired) electrons. The second-order valence-electron chi connectivity index (χ2n) is 11.3. The highest BCUT2D eigenvalue weighted by molar-refractivity contribution is 5.63. The maximum Gasteiger partial charge on any atom is 0.278 e. The topological polar surface area (TPSA) is 58.4 Å². The smallest absolute Gasteiger partial charge is 0.278 e. The average molecular weight is 620 g/mol. The van der Waals surface area contributed by atoms with Gasteiger partial charge in [0, 0.05) is 25.9 Å². The Morgan fingerprint density at radius 2 is 1.91 bits per heavy atom. The Hall–Kier alpha value is -3.53. The number of aliphatic hydroxyl groups excluding tert-OH is 1. The van der Waals surface area contributed by atoms with E-state index < -0.39 is 30.9 Å². The molecule has 0 bridgehead atoms. The molecule has 0 aliphatic heterocycles. The van der Waals surface area contributed by atoms with Crippen molar-refractivity contribution < 1.29 is 31.9 Å². The maximum atomic E-state index is 13.6. The summed E-state index contributed by atoms with van der Waals surface area (Å²) in [6, 6.07) is 0. The van der Waals surface area contributed by atoms with E-state index in [0.717, 1.165) is 23.4 Å². The molecule has 240 valence electrons. The van der Waals surface area contributed by atoms with Crippen LogP contribution in [0.15, 0.2) is 78.1 Å². The third-order valence-electron chi connectivity index (χ3n) is 7.47. The van der Waals surface area contributed by atoms with Gasteiger partial charge in [0.25, 0.3) is 5.92 Å². The number of allylic oxidation sites excluding steroid dienone is 12. The molecule has 1 amide bonds. The van der Waals surface area contributed by atoms with Crippen molar-refractivity contribution in [2.45, 2.75) is 76.7 Å². The number of fused-ring (bicyclic) bond motifs is 1. The lowest BCUT2D eigenvalue weighted by atomic mass is 9.97. The van der Waals surface area contributed by atoms with Crippen LogP contribution in [0, 0.1) is 5.92 Å². The van der Waals surface area contributed by atoms with E-state index in [1.54, 1.807) is 24.3 Å². The van der Waals surface area contributed by atoms with Crippen LogP contribution in [0.3, 0.4) is 0 Å². The van der Waals surface area contributed by atoms with Gasteiger partial charge in [0.15, 0.2) is 6.67 Å². The zero-order chi connectivity index (χ0) is 32.0. The fourth-order valence-electron chi connectivity index (χ4n) is 5.13. The van der Waals surface area contributed by atoms with E-state index in [9.17, 15) is 31.9 Å². The van der Waals surface area contributed by atoms with Crippen molar-refractivity contribution in [2.75, 3.05) is 19.8 Å². The van der Waals surface area contributed by atoms with E-state index in [1.165, 1.54) is 30.2 Å². The largest absolute Gasteiger partial charge is 0.391 e. The lowest BCUT2D eigenvalue weighted by molar-refractivity contribution is -0.121. The Morgan fingerprint density at radius 1 is 1.11 bits per heavy atom. The molecule has 4 rings (SSSR count). The van der Waals surface area contributed by atoms with Gasteiger partial charge in [0.1, 0.15) is 11.7 Å². The molecule has 3 aliphatic carbocycles. The summed E-state index contributed by atoms with van der Waals surface area (Å²) in [7, 11) is 0. The summed E-state index contributed by atoms with van der Waals surface area (Å²) in [5, 5.41) is 14.1. The van der Waals surface area contributed by atoms with Crippen LogP contribution >= 0.6 is 0 Å². The van der Waals surface area contributed by atoms with E-state index in [2.05, 4.69) is 24.2 Å². The van der Waals surface area contributed by atoms with Crippen LogP contribution in [-0.2, 0) is 11.2 Å². The summed E-state index contributed by atoms with van der Waals surface area (Å²) in [5.74, 6) is -3.40. The third kappa shape index (κ3) is 11.5. The zero-order valence-electron chi connectivity index (χ0n) is 25.2. The van der Waals surface area contributed by atoms with Crippen molar-refractivity contribution in [3.05, 3.63) is 89.4 Å². The fourth-order valence-corrected chi connectivity index (χ4v) is 5.13. The van der Waals surface area contributed by atoms with Crippen molar-refractivity contribution in [1.29, 1.82) is 0 Å². The number of aromatic nitrogens is 2. The number of amides is 1. The molecule has 0 aromatic carbocycles. The monoisotopic (exact) mass is 619 g/mol. The van der Waals surface area contributed by atoms with Crippen LogP contribution in [0.25, 0.3) is 11.8 Å². The molecule has 2 atom stereocenters. The highest BCUT2D eigenvalue weighted by atomic mass is 19.3. The SMILES string of the molecule is CC1CCC/C=C/c2c(cnn2C2=CC/C=C(/F)C/C=C\2)C1.O=CN(CCC1=C(F)C=CCC=C1)CC(O)CC(F)(F)CF. The first kappa shape index (κ1) is 35.0. The predicted octanol–water partition coefficient (Wildman–Crippen LogP) is 8.23. The lowest BCUT2D eigenvalue weighted by Gasteiger charge is -2.23. The van der Waals surface area contributed by atoms with Gasteiger partial charge in [-0.15, -0.1) is 0 Å². The van der Waals surface area contributed by atoms with Crippen LogP contribution in [0.4, 0.5) is 22.0 Å². The van der Waals surface area contributed by atoms with Crippen LogP contribution in [0.2, 0.25) is 0 Å². The van der Waals surface area contributed by atoms with Crippen LogP contribution in [0.5, 0.6) is 0 Å². The Balaban J connectivity index is 0.000000240. The van der Waals surface area contributed by atoms with Crippen LogP contribution in [-0.4, -0.2) is 58.0 Å². The first-order valence-corrected chi connectivity index (χ1v) is 15.1. The number of halogens is 5. The molecule has 1 aromatic rings. The van der Waals surface area contributed by atoms with Crippen LogP contribution < -0.4 is 0 Å². The van der Waals surface area contributed by atoms with Crippen molar-refractivity contribution >= 4 is 18.2 Å². The highest BCUT2D eigenvalue weighted by Gasteiger charge is 2.32.